The number of nitrogens with zero attached hydrogens (tertiary/aromatic N) is 3. The molecule has 4 heterocycles. The number of fused-ring (bicyclic) bond motifs is 1. The predicted octanol–water partition coefficient (Wildman–Crippen LogP) is 3.95. The van der Waals surface area contributed by atoms with Gasteiger partial charge in [0.15, 0.2) is 4.34 Å². The number of nitrogens with one attached hydrogen (secondary N) is 1. The van der Waals surface area contributed by atoms with Crippen molar-refractivity contribution in [2.45, 2.75) is 16.5 Å². The van der Waals surface area contributed by atoms with Crippen molar-refractivity contribution in [1.29, 1.82) is 0 Å². The Morgan fingerprint density at radius 2 is 2.30 bits per heavy atom. The van der Waals surface area contributed by atoms with E-state index in [9.17, 15) is 4.79 Å². The second-order valence-corrected chi connectivity index (χ2v) is 8.00. The van der Waals surface area contributed by atoms with E-state index in [1.165, 1.54) is 34.4 Å². The smallest absolute Gasteiger partial charge is 0.260 e. The summed E-state index contributed by atoms with van der Waals surface area (Å²) >= 11 is 4.43. The molecule has 9 heteroatoms. The molecule has 0 radical (unpaired) electrons. The Hall–Kier alpha value is -1.97. The molecule has 0 aromatic carbocycles. The summed E-state index contributed by atoms with van der Waals surface area (Å²) in [6.07, 6.45) is 1.59. The lowest BCUT2D eigenvalue weighted by atomic mass is 10.2. The average molecular weight is 362 g/mol. The molecule has 0 saturated carbocycles. The average Bonchev–Trinajstić information content (AvgIpc) is 3.27. The summed E-state index contributed by atoms with van der Waals surface area (Å²) in [6, 6.07) is 3.64. The molecule has 4 rings (SSSR count). The fourth-order valence-corrected chi connectivity index (χ4v) is 4.81. The van der Waals surface area contributed by atoms with Crippen molar-refractivity contribution in [1.82, 2.24) is 20.2 Å². The number of rotatable bonds is 4. The zero-order valence-corrected chi connectivity index (χ0v) is 14.3. The van der Waals surface area contributed by atoms with Gasteiger partial charge in [0, 0.05) is 10.9 Å². The molecule has 1 N–H and O–H groups in total. The number of furan rings is 1. The van der Waals surface area contributed by atoms with Crippen molar-refractivity contribution in [2.75, 3.05) is 0 Å². The van der Waals surface area contributed by atoms with Gasteiger partial charge in [-0.05, 0) is 19.1 Å². The molecule has 0 bridgehead atoms. The van der Waals surface area contributed by atoms with Gasteiger partial charge >= 0.3 is 0 Å². The third kappa shape index (κ3) is 2.71. The molecule has 4 aromatic rings. The quantitative estimate of drug-likeness (QED) is 0.553. The largest absolute Gasteiger partial charge is 0.464 e. The number of aromatic nitrogens is 4. The number of H-pyrrole nitrogens is 1. The Morgan fingerprint density at radius 3 is 3.04 bits per heavy atom. The van der Waals surface area contributed by atoms with Crippen molar-refractivity contribution >= 4 is 44.7 Å². The first kappa shape index (κ1) is 14.6. The van der Waals surface area contributed by atoms with E-state index in [0.29, 0.717) is 21.8 Å². The highest BCUT2D eigenvalue weighted by molar-refractivity contribution is 8.01. The molecular weight excluding hydrogens is 352 g/mol. The number of aromatic amines is 1. The lowest BCUT2D eigenvalue weighted by Crippen LogP contribution is -2.12. The third-order valence-corrected chi connectivity index (χ3v) is 6.04. The number of hydrogen-bond donors (Lipinski definition) is 1. The maximum atomic E-state index is 12.5. The molecule has 0 aliphatic carbocycles. The molecule has 0 spiro atoms. The van der Waals surface area contributed by atoms with E-state index < -0.39 is 0 Å². The Kier molecular flexibility index (Phi) is 3.76. The summed E-state index contributed by atoms with van der Waals surface area (Å²) in [4.78, 5) is 20.7. The zero-order chi connectivity index (χ0) is 15.8. The van der Waals surface area contributed by atoms with Crippen LogP contribution >= 0.6 is 34.4 Å². The molecule has 6 nitrogen and oxygen atoms in total. The Bertz CT molecular complexity index is 989. The molecule has 23 heavy (non-hydrogen) atoms. The maximum absolute atomic E-state index is 12.5. The molecule has 4 aromatic heterocycles. The minimum atomic E-state index is -0.151. The number of thiophene rings is 1. The van der Waals surface area contributed by atoms with Gasteiger partial charge in [-0.2, -0.15) is 0 Å². The first-order valence-corrected chi connectivity index (χ1v) is 9.34. The van der Waals surface area contributed by atoms with Crippen LogP contribution in [0.15, 0.2) is 42.8 Å². The summed E-state index contributed by atoms with van der Waals surface area (Å²) in [5.74, 6) is 1.31. The van der Waals surface area contributed by atoms with Gasteiger partial charge in [-0.15, -0.1) is 21.5 Å². The van der Waals surface area contributed by atoms with E-state index in [4.69, 9.17) is 4.42 Å². The van der Waals surface area contributed by atoms with Gasteiger partial charge in [-0.1, -0.05) is 23.1 Å². The van der Waals surface area contributed by atoms with E-state index in [0.717, 1.165) is 9.90 Å². The highest BCUT2D eigenvalue weighted by Gasteiger charge is 2.18. The van der Waals surface area contributed by atoms with Gasteiger partial charge < -0.3 is 9.40 Å². The van der Waals surface area contributed by atoms with Crippen molar-refractivity contribution < 1.29 is 4.42 Å². The monoisotopic (exact) mass is 362 g/mol. The second kappa shape index (κ2) is 5.91. The van der Waals surface area contributed by atoms with Crippen molar-refractivity contribution in [3.8, 4) is 11.3 Å². The highest BCUT2D eigenvalue weighted by atomic mass is 32.2. The van der Waals surface area contributed by atoms with Crippen LogP contribution < -0.4 is 5.56 Å². The Morgan fingerprint density at radius 1 is 1.39 bits per heavy atom. The fraction of sp³-hybridized carbons (Fsp3) is 0.143. The predicted molar refractivity (Wildman–Crippen MR) is 92.1 cm³/mol. The Balaban J connectivity index is 1.75. The van der Waals surface area contributed by atoms with E-state index in [1.807, 2.05) is 18.4 Å². The summed E-state index contributed by atoms with van der Waals surface area (Å²) < 4.78 is 6.25. The van der Waals surface area contributed by atoms with Crippen molar-refractivity contribution in [3.05, 3.63) is 45.5 Å². The van der Waals surface area contributed by atoms with E-state index in [2.05, 4.69) is 20.2 Å². The van der Waals surface area contributed by atoms with Crippen LogP contribution in [0, 0.1) is 0 Å². The Labute approximate surface area is 142 Å². The van der Waals surface area contributed by atoms with Crippen LogP contribution in [0.2, 0.25) is 0 Å². The minimum absolute atomic E-state index is 0.0192. The highest BCUT2D eigenvalue weighted by Crippen LogP contribution is 2.35. The summed E-state index contributed by atoms with van der Waals surface area (Å²) in [5, 5.41) is 10.3. The summed E-state index contributed by atoms with van der Waals surface area (Å²) in [5.41, 5.74) is 2.31. The van der Waals surface area contributed by atoms with Crippen LogP contribution in [-0.2, 0) is 0 Å². The molecule has 0 amide bonds. The molecule has 116 valence electrons. The normalized spacial score (nSPS) is 12.7. The number of thioether (sulfide) groups is 1. The molecule has 0 unspecified atom stereocenters. The van der Waals surface area contributed by atoms with Crippen LogP contribution in [0.25, 0.3) is 21.5 Å². The van der Waals surface area contributed by atoms with Gasteiger partial charge in [0.05, 0.1) is 16.9 Å². The minimum Gasteiger partial charge on any atom is -0.464 e. The first-order chi connectivity index (χ1) is 11.2. The maximum Gasteiger partial charge on any atom is 0.260 e. The lowest BCUT2D eigenvalue weighted by Gasteiger charge is -2.08. The molecule has 0 fully saturated rings. The molecule has 1 atom stereocenters. The number of hydrogen-bond acceptors (Lipinski definition) is 8. The SMILES string of the molecule is C[C@@H](Sc1nncs1)c1nc2scc(-c3ccco3)c2c(=O)[nH]1. The molecule has 0 aliphatic rings. The molecule has 0 saturated heterocycles. The first-order valence-electron chi connectivity index (χ1n) is 6.70. The van der Waals surface area contributed by atoms with Crippen LogP contribution in [0.3, 0.4) is 0 Å². The van der Waals surface area contributed by atoms with E-state index >= 15 is 0 Å². The van der Waals surface area contributed by atoms with Crippen molar-refractivity contribution in [2.24, 2.45) is 0 Å². The van der Waals surface area contributed by atoms with Gasteiger partial charge in [0.2, 0.25) is 0 Å². The van der Waals surface area contributed by atoms with Gasteiger partial charge in [0.1, 0.15) is 21.9 Å². The third-order valence-electron chi connectivity index (χ3n) is 3.25. The van der Waals surface area contributed by atoms with Crippen LogP contribution in [0.1, 0.15) is 18.0 Å². The standard InChI is InChI=1S/C14H10N4O2S3/c1-7(23-14-18-15-6-22-14)11-16-12(19)10-8(5-21-13(10)17-11)9-3-2-4-20-9/h2-7H,1H3,(H,16,17,19)/t7-/m1/s1. The topological polar surface area (TPSA) is 84.7 Å². The van der Waals surface area contributed by atoms with Crippen LogP contribution in [-0.4, -0.2) is 20.2 Å². The summed E-state index contributed by atoms with van der Waals surface area (Å²) in [7, 11) is 0. The van der Waals surface area contributed by atoms with E-state index in [-0.39, 0.29) is 10.8 Å². The fourth-order valence-electron chi connectivity index (χ4n) is 2.19. The summed E-state index contributed by atoms with van der Waals surface area (Å²) in [6.45, 7) is 1.98. The van der Waals surface area contributed by atoms with Gasteiger partial charge in [0.25, 0.3) is 5.56 Å². The molecular formula is C14H10N4O2S3. The van der Waals surface area contributed by atoms with Crippen molar-refractivity contribution in [3.63, 3.8) is 0 Å². The van der Waals surface area contributed by atoms with Crippen LogP contribution in [0.4, 0.5) is 0 Å². The lowest BCUT2D eigenvalue weighted by molar-refractivity contribution is 0.583. The second-order valence-electron chi connectivity index (χ2n) is 4.72. The van der Waals surface area contributed by atoms with E-state index in [1.54, 1.807) is 17.8 Å². The van der Waals surface area contributed by atoms with Gasteiger partial charge in [-0.25, -0.2) is 4.98 Å². The van der Waals surface area contributed by atoms with Crippen LogP contribution in [0.5, 0.6) is 0 Å². The molecule has 0 aliphatic heterocycles. The van der Waals surface area contributed by atoms with Gasteiger partial charge in [-0.3, -0.25) is 4.79 Å². The zero-order valence-electron chi connectivity index (χ0n) is 11.8.